The Bertz CT molecular complexity index is 796. The van der Waals surface area contributed by atoms with E-state index in [4.69, 9.17) is 23.2 Å². The van der Waals surface area contributed by atoms with Crippen LogP contribution in [-0.2, 0) is 13.1 Å². The van der Waals surface area contributed by atoms with Crippen LogP contribution in [0, 0.1) is 0 Å². The van der Waals surface area contributed by atoms with Crippen molar-refractivity contribution in [2.75, 3.05) is 78.5 Å². The smallest absolute Gasteiger partial charge is 0.129 e. The molecule has 2 aromatic rings. The molecule has 3 aliphatic heterocycles. The Balaban J connectivity index is 1.08. The zero-order valence-electron chi connectivity index (χ0n) is 19.1. The maximum Gasteiger partial charge on any atom is 0.129 e. The van der Waals surface area contributed by atoms with E-state index in [0.29, 0.717) is 0 Å². The summed E-state index contributed by atoms with van der Waals surface area (Å²) in [6.45, 7) is 17.7. The summed E-state index contributed by atoms with van der Waals surface area (Å²) < 4.78 is 2.71. The monoisotopic (exact) mass is 474 g/mol. The van der Waals surface area contributed by atoms with Crippen molar-refractivity contribution in [1.29, 1.82) is 0 Å². The Labute approximate surface area is 203 Å². The fourth-order valence-electron chi connectivity index (χ4n) is 5.84. The summed E-state index contributed by atoms with van der Waals surface area (Å²) in [5.41, 5.74) is 2.75. The summed E-state index contributed by atoms with van der Waals surface area (Å²) in [4.78, 5) is 5.25. The zero-order chi connectivity index (χ0) is 22.0. The minimum atomic E-state index is 0.827. The maximum absolute atomic E-state index is 6.04. The quantitative estimate of drug-likeness (QED) is 0.618. The maximum atomic E-state index is 6.04. The van der Waals surface area contributed by atoms with Crippen LogP contribution in [0.15, 0.2) is 48.5 Å². The molecule has 2 spiro atoms. The first-order valence-corrected chi connectivity index (χ1v) is 12.9. The SMILES string of the molecule is Clc1ccc(CN2CC[N+]3(CC2)CC[N+]2(CCN(Cc4ccc(Cl)cc4)CC2)CC3)cc1. The molecule has 0 saturated carbocycles. The number of quaternary nitrogens is 2. The lowest BCUT2D eigenvalue weighted by Gasteiger charge is -2.54. The number of nitrogens with zero attached hydrogens (tertiary/aromatic N) is 4. The van der Waals surface area contributed by atoms with E-state index in [1.807, 2.05) is 24.3 Å². The van der Waals surface area contributed by atoms with Gasteiger partial charge in [-0.2, -0.15) is 0 Å². The number of rotatable bonds is 4. The van der Waals surface area contributed by atoms with Gasteiger partial charge in [-0.1, -0.05) is 47.5 Å². The fourth-order valence-corrected chi connectivity index (χ4v) is 6.09. The van der Waals surface area contributed by atoms with Gasteiger partial charge in [0.15, 0.2) is 0 Å². The van der Waals surface area contributed by atoms with Gasteiger partial charge in [0.05, 0.1) is 26.2 Å². The van der Waals surface area contributed by atoms with Crippen LogP contribution in [0.3, 0.4) is 0 Å². The summed E-state index contributed by atoms with van der Waals surface area (Å²) in [5.74, 6) is 0. The average Bonchev–Trinajstić information content (AvgIpc) is 2.82. The molecule has 5 rings (SSSR count). The zero-order valence-corrected chi connectivity index (χ0v) is 20.6. The summed E-state index contributed by atoms with van der Waals surface area (Å²) in [7, 11) is 0. The molecule has 2 aromatic carbocycles. The van der Waals surface area contributed by atoms with Gasteiger partial charge < -0.3 is 8.97 Å². The van der Waals surface area contributed by atoms with Crippen molar-refractivity contribution in [1.82, 2.24) is 9.80 Å². The first-order valence-electron chi connectivity index (χ1n) is 12.2. The van der Waals surface area contributed by atoms with Gasteiger partial charge in [-0.15, -0.1) is 0 Å². The van der Waals surface area contributed by atoms with Gasteiger partial charge >= 0.3 is 0 Å². The van der Waals surface area contributed by atoms with Crippen LogP contribution in [0.1, 0.15) is 11.1 Å². The van der Waals surface area contributed by atoms with E-state index >= 15 is 0 Å². The molecular weight excluding hydrogens is 439 g/mol. The molecular formula is C26H36Cl2N4+2. The molecule has 0 N–H and O–H groups in total. The fraction of sp³-hybridized carbons (Fsp3) is 0.538. The van der Waals surface area contributed by atoms with Gasteiger partial charge in [0.1, 0.15) is 26.2 Å². The normalized spacial score (nSPS) is 23.6. The molecule has 0 aromatic heterocycles. The van der Waals surface area contributed by atoms with Gasteiger partial charge in [-0.05, 0) is 35.4 Å². The predicted octanol–water partition coefficient (Wildman–Crippen LogP) is 3.97. The lowest BCUT2D eigenvalue weighted by molar-refractivity contribution is -1.03. The number of halogens is 2. The second kappa shape index (κ2) is 9.61. The second-order valence-electron chi connectivity index (χ2n) is 10.3. The molecule has 0 radical (unpaired) electrons. The van der Waals surface area contributed by atoms with Crippen LogP contribution in [0.5, 0.6) is 0 Å². The topological polar surface area (TPSA) is 6.48 Å². The first-order chi connectivity index (χ1) is 15.5. The minimum Gasteiger partial charge on any atom is -0.312 e. The van der Waals surface area contributed by atoms with Crippen LogP contribution in [0.2, 0.25) is 10.0 Å². The van der Waals surface area contributed by atoms with Crippen LogP contribution < -0.4 is 0 Å². The van der Waals surface area contributed by atoms with Crippen molar-refractivity contribution >= 4 is 23.2 Å². The van der Waals surface area contributed by atoms with E-state index in [2.05, 4.69) is 34.1 Å². The molecule has 3 fully saturated rings. The molecule has 3 saturated heterocycles. The van der Waals surface area contributed by atoms with E-state index in [0.717, 1.165) is 23.1 Å². The van der Waals surface area contributed by atoms with Crippen LogP contribution >= 0.6 is 23.2 Å². The highest BCUT2D eigenvalue weighted by molar-refractivity contribution is 6.30. The Morgan fingerprint density at radius 3 is 1.12 bits per heavy atom. The molecule has 3 heterocycles. The molecule has 3 aliphatic rings. The van der Waals surface area contributed by atoms with Crippen LogP contribution in [-0.4, -0.2) is 97.3 Å². The van der Waals surface area contributed by atoms with Crippen molar-refractivity contribution in [2.45, 2.75) is 13.1 Å². The van der Waals surface area contributed by atoms with Crippen LogP contribution in [0.25, 0.3) is 0 Å². The average molecular weight is 476 g/mol. The lowest BCUT2D eigenvalue weighted by Crippen LogP contribution is -2.73. The molecule has 6 heteroatoms. The number of piperazine rings is 3. The third-order valence-corrected chi connectivity index (χ3v) is 8.80. The van der Waals surface area contributed by atoms with Gasteiger partial charge in [0, 0.05) is 49.3 Å². The standard InChI is InChI=1S/C26H36Cl2N4/c27-25-5-1-23(2-6-25)21-29-9-13-31(14-10-29)17-19-32(20-18-31)15-11-30(12-16-32)22-24-3-7-26(28)8-4-24/h1-8H,9-22H2/q+2. The Morgan fingerprint density at radius 1 is 0.500 bits per heavy atom. The predicted molar refractivity (Wildman–Crippen MR) is 133 cm³/mol. The molecule has 0 unspecified atom stereocenters. The minimum absolute atomic E-state index is 0.827. The van der Waals surface area contributed by atoms with Gasteiger partial charge in [-0.25, -0.2) is 0 Å². The number of hydrogen-bond donors (Lipinski definition) is 0. The van der Waals surface area contributed by atoms with Crippen molar-refractivity contribution < 1.29 is 8.97 Å². The van der Waals surface area contributed by atoms with Crippen molar-refractivity contribution in [2.24, 2.45) is 0 Å². The molecule has 0 aliphatic carbocycles. The van der Waals surface area contributed by atoms with Crippen molar-refractivity contribution in [3.05, 3.63) is 69.7 Å². The van der Waals surface area contributed by atoms with E-state index in [-0.39, 0.29) is 0 Å². The third kappa shape index (κ3) is 5.32. The largest absolute Gasteiger partial charge is 0.312 e. The summed E-state index contributed by atoms with van der Waals surface area (Å²) in [6.07, 6.45) is 0. The first kappa shape index (κ1) is 22.6. The van der Waals surface area contributed by atoms with Crippen molar-refractivity contribution in [3.63, 3.8) is 0 Å². The lowest BCUT2D eigenvalue weighted by atomic mass is 10.1. The molecule has 172 valence electrons. The molecule has 4 nitrogen and oxygen atoms in total. The van der Waals surface area contributed by atoms with Crippen molar-refractivity contribution in [3.8, 4) is 0 Å². The molecule has 0 bridgehead atoms. The Hall–Kier alpha value is -1.14. The summed E-state index contributed by atoms with van der Waals surface area (Å²) in [6, 6.07) is 16.7. The second-order valence-corrected chi connectivity index (χ2v) is 11.2. The number of hydrogen-bond acceptors (Lipinski definition) is 2. The highest BCUT2D eigenvalue weighted by atomic mass is 35.5. The third-order valence-electron chi connectivity index (χ3n) is 8.30. The van der Waals surface area contributed by atoms with Gasteiger partial charge in [-0.3, -0.25) is 9.80 Å². The van der Waals surface area contributed by atoms with Gasteiger partial charge in [0.25, 0.3) is 0 Å². The summed E-state index contributed by atoms with van der Waals surface area (Å²) >= 11 is 12.1. The molecule has 0 amide bonds. The Kier molecular flexibility index (Phi) is 6.80. The van der Waals surface area contributed by atoms with Gasteiger partial charge in [0.2, 0.25) is 0 Å². The van der Waals surface area contributed by atoms with E-state index in [1.54, 1.807) is 0 Å². The highest BCUT2D eigenvalue weighted by Gasteiger charge is 2.44. The van der Waals surface area contributed by atoms with E-state index in [1.165, 1.54) is 98.6 Å². The molecule has 32 heavy (non-hydrogen) atoms. The van der Waals surface area contributed by atoms with E-state index in [9.17, 15) is 0 Å². The van der Waals surface area contributed by atoms with E-state index < -0.39 is 0 Å². The van der Waals surface area contributed by atoms with Crippen LogP contribution in [0.4, 0.5) is 0 Å². The Morgan fingerprint density at radius 2 is 0.812 bits per heavy atom. The highest BCUT2D eigenvalue weighted by Crippen LogP contribution is 2.25. The molecule has 0 atom stereocenters. The number of benzene rings is 2. The summed E-state index contributed by atoms with van der Waals surface area (Å²) in [5, 5.41) is 1.65.